The van der Waals surface area contributed by atoms with Gasteiger partial charge in [0.05, 0.1) is 18.7 Å². The van der Waals surface area contributed by atoms with Crippen LogP contribution in [0, 0.1) is 5.92 Å². The van der Waals surface area contributed by atoms with Crippen molar-refractivity contribution < 1.29 is 22.9 Å². The summed E-state index contributed by atoms with van der Waals surface area (Å²) >= 11 is 5.96. The molecule has 1 aliphatic heterocycles. The molecule has 0 aromatic carbocycles. The molecule has 0 atom stereocenters. The molecule has 1 fully saturated rings. The molecule has 2 rings (SSSR count). The number of anilines is 1. The maximum atomic E-state index is 12.6. The molecule has 22 heavy (non-hydrogen) atoms. The fourth-order valence-corrected chi connectivity index (χ4v) is 2.84. The van der Waals surface area contributed by atoms with Gasteiger partial charge in [0.15, 0.2) is 0 Å². The highest BCUT2D eigenvalue weighted by Crippen LogP contribution is 2.33. The first-order chi connectivity index (χ1) is 10.3. The van der Waals surface area contributed by atoms with E-state index in [1.807, 2.05) is 4.90 Å². The highest BCUT2D eigenvalue weighted by atomic mass is 35.5. The van der Waals surface area contributed by atoms with E-state index in [1.54, 1.807) is 0 Å². The Hall–Kier alpha value is -1.54. The first-order valence-corrected chi connectivity index (χ1v) is 7.22. The Labute approximate surface area is 130 Å². The van der Waals surface area contributed by atoms with Gasteiger partial charge >= 0.3 is 6.18 Å². The van der Waals surface area contributed by atoms with E-state index in [-0.39, 0.29) is 16.8 Å². The van der Waals surface area contributed by atoms with E-state index in [1.165, 1.54) is 0 Å². The van der Waals surface area contributed by atoms with E-state index in [0.717, 1.165) is 25.1 Å². The SMILES string of the molecule is NNC(=O)CC1CCN(c2[nH+]cc(C(F)(F)F)cc2Cl)CC1. The van der Waals surface area contributed by atoms with Crippen LogP contribution < -0.4 is 21.2 Å². The number of carbonyl (C=O) groups is 1. The van der Waals surface area contributed by atoms with E-state index >= 15 is 0 Å². The number of alkyl halides is 3. The fraction of sp³-hybridized carbons (Fsp3) is 0.538. The molecule has 0 radical (unpaired) electrons. The molecule has 4 N–H and O–H groups in total. The number of piperidine rings is 1. The van der Waals surface area contributed by atoms with Crippen LogP contribution in [0.1, 0.15) is 24.8 Å². The van der Waals surface area contributed by atoms with Crippen LogP contribution in [0.3, 0.4) is 0 Å². The number of nitrogens with zero attached hydrogens (tertiary/aromatic N) is 1. The normalized spacial score (nSPS) is 16.7. The largest absolute Gasteiger partial charge is 0.419 e. The van der Waals surface area contributed by atoms with Crippen LogP contribution in [-0.4, -0.2) is 19.0 Å². The molecule has 0 aliphatic carbocycles. The summed E-state index contributed by atoms with van der Waals surface area (Å²) in [6, 6.07) is 0.918. The summed E-state index contributed by atoms with van der Waals surface area (Å²) in [6.45, 7) is 1.23. The van der Waals surface area contributed by atoms with E-state index in [0.29, 0.717) is 25.3 Å². The van der Waals surface area contributed by atoms with Crippen molar-refractivity contribution in [3.63, 3.8) is 0 Å². The Morgan fingerprint density at radius 1 is 1.45 bits per heavy atom. The first-order valence-electron chi connectivity index (χ1n) is 6.84. The molecule has 0 spiro atoms. The van der Waals surface area contributed by atoms with Gasteiger partial charge in [0.1, 0.15) is 11.2 Å². The van der Waals surface area contributed by atoms with E-state index in [9.17, 15) is 18.0 Å². The minimum Gasteiger partial charge on any atom is -0.294 e. The van der Waals surface area contributed by atoms with Gasteiger partial charge in [-0.15, -0.1) is 0 Å². The van der Waals surface area contributed by atoms with Gasteiger partial charge in [-0.2, -0.15) is 13.2 Å². The molecule has 0 saturated carbocycles. The van der Waals surface area contributed by atoms with E-state index in [4.69, 9.17) is 17.4 Å². The predicted molar refractivity (Wildman–Crippen MR) is 74.9 cm³/mol. The highest BCUT2D eigenvalue weighted by Gasteiger charge is 2.34. The summed E-state index contributed by atoms with van der Waals surface area (Å²) in [4.78, 5) is 15.7. The summed E-state index contributed by atoms with van der Waals surface area (Å²) in [6.07, 6.45) is -1.66. The number of amides is 1. The van der Waals surface area contributed by atoms with Gasteiger partial charge in [-0.25, -0.2) is 10.8 Å². The quantitative estimate of drug-likeness (QED) is 0.501. The lowest BCUT2D eigenvalue weighted by atomic mass is 9.93. The van der Waals surface area contributed by atoms with Crippen molar-refractivity contribution in [2.75, 3.05) is 18.0 Å². The molecule has 0 bridgehead atoms. The topological polar surface area (TPSA) is 72.5 Å². The Balaban J connectivity index is 2.01. The molecule has 1 amide bonds. The number of H-pyrrole nitrogens is 1. The van der Waals surface area contributed by atoms with Gasteiger partial charge in [-0.3, -0.25) is 15.1 Å². The second-order valence-electron chi connectivity index (χ2n) is 5.28. The van der Waals surface area contributed by atoms with Crippen LogP contribution in [-0.2, 0) is 11.0 Å². The number of rotatable bonds is 3. The molecule has 1 aromatic heterocycles. The van der Waals surface area contributed by atoms with Gasteiger partial charge in [0, 0.05) is 6.42 Å². The van der Waals surface area contributed by atoms with Crippen LogP contribution in [0.4, 0.5) is 19.0 Å². The lowest BCUT2D eigenvalue weighted by Crippen LogP contribution is -2.39. The molecule has 122 valence electrons. The fourth-order valence-electron chi connectivity index (χ4n) is 2.55. The summed E-state index contributed by atoms with van der Waals surface area (Å²) in [5.41, 5.74) is 1.29. The van der Waals surface area contributed by atoms with Gasteiger partial charge in [0.2, 0.25) is 5.91 Å². The Bertz CT molecular complexity index is 545. The van der Waals surface area contributed by atoms with Crippen LogP contribution in [0.15, 0.2) is 12.3 Å². The molecule has 2 heterocycles. The van der Waals surface area contributed by atoms with Crippen molar-refractivity contribution in [3.8, 4) is 0 Å². The number of hydrogen-bond donors (Lipinski definition) is 2. The minimum atomic E-state index is -4.43. The van der Waals surface area contributed by atoms with Crippen LogP contribution >= 0.6 is 11.6 Å². The number of aromatic amines is 1. The van der Waals surface area contributed by atoms with Crippen LogP contribution in [0.25, 0.3) is 0 Å². The third-order valence-electron chi connectivity index (χ3n) is 3.77. The minimum absolute atomic E-state index is 0.0352. The number of nitrogens with two attached hydrogens (primary N) is 1. The molecule has 5 nitrogen and oxygen atoms in total. The maximum Gasteiger partial charge on any atom is 0.419 e. The smallest absolute Gasteiger partial charge is 0.294 e. The summed E-state index contributed by atoms with van der Waals surface area (Å²) in [5, 5.41) is 0.0352. The second-order valence-corrected chi connectivity index (χ2v) is 5.69. The van der Waals surface area contributed by atoms with Crippen molar-refractivity contribution in [2.24, 2.45) is 11.8 Å². The number of hydrazine groups is 1. The van der Waals surface area contributed by atoms with Gasteiger partial charge in [-0.1, -0.05) is 11.6 Å². The third kappa shape index (κ3) is 4.01. The predicted octanol–water partition coefficient (Wildman–Crippen LogP) is 1.77. The lowest BCUT2D eigenvalue weighted by Gasteiger charge is -2.27. The summed E-state index contributed by atoms with van der Waals surface area (Å²) < 4.78 is 37.8. The summed E-state index contributed by atoms with van der Waals surface area (Å²) in [7, 11) is 0. The molecule has 0 unspecified atom stereocenters. The van der Waals surface area contributed by atoms with E-state index < -0.39 is 11.7 Å². The standard InChI is InChI=1S/C13H16ClF3N4O/c14-10-6-9(13(15,16)17)7-19-12(10)21-3-1-8(2-4-21)5-11(22)20-18/h6-8H,1-5,18H2,(H,20,22)/p+1. The highest BCUT2D eigenvalue weighted by molar-refractivity contribution is 6.32. The molecule has 1 saturated heterocycles. The Kier molecular flexibility index (Phi) is 5.12. The average Bonchev–Trinajstić information content (AvgIpc) is 2.47. The second kappa shape index (κ2) is 6.70. The van der Waals surface area contributed by atoms with Crippen molar-refractivity contribution in [3.05, 3.63) is 22.8 Å². The van der Waals surface area contributed by atoms with Crippen molar-refractivity contribution in [2.45, 2.75) is 25.4 Å². The van der Waals surface area contributed by atoms with Gasteiger partial charge in [-0.05, 0) is 24.8 Å². The third-order valence-corrected chi connectivity index (χ3v) is 4.05. The molecule has 1 aliphatic rings. The van der Waals surface area contributed by atoms with Gasteiger partial charge < -0.3 is 0 Å². The number of hydrogen-bond acceptors (Lipinski definition) is 3. The number of carbonyl (C=O) groups excluding carboxylic acids is 1. The van der Waals surface area contributed by atoms with Gasteiger partial charge in [0.25, 0.3) is 5.82 Å². The summed E-state index contributed by atoms with van der Waals surface area (Å²) in [5.74, 6) is 5.53. The average molecular weight is 338 g/mol. The molecule has 9 heteroatoms. The first kappa shape index (κ1) is 16.8. The Morgan fingerprint density at radius 2 is 2.09 bits per heavy atom. The van der Waals surface area contributed by atoms with Crippen molar-refractivity contribution >= 4 is 23.3 Å². The molecule has 1 aromatic rings. The maximum absolute atomic E-state index is 12.6. The number of halogens is 4. The monoisotopic (exact) mass is 337 g/mol. The number of nitrogens with one attached hydrogen (secondary N) is 2. The van der Waals surface area contributed by atoms with E-state index in [2.05, 4.69) is 10.4 Å². The van der Waals surface area contributed by atoms with Crippen molar-refractivity contribution in [1.82, 2.24) is 5.43 Å². The zero-order chi connectivity index (χ0) is 16.3. The lowest BCUT2D eigenvalue weighted by molar-refractivity contribution is -0.367. The zero-order valence-electron chi connectivity index (χ0n) is 11.7. The van der Waals surface area contributed by atoms with Crippen molar-refractivity contribution in [1.29, 1.82) is 0 Å². The number of pyridine rings is 1. The molecular formula is C13H17ClF3N4O+. The molecular weight excluding hydrogens is 321 g/mol. The zero-order valence-corrected chi connectivity index (χ0v) is 12.5. The number of aromatic nitrogens is 1. The van der Waals surface area contributed by atoms with Crippen LogP contribution in [0.5, 0.6) is 0 Å². The Morgan fingerprint density at radius 3 is 2.59 bits per heavy atom. The van der Waals surface area contributed by atoms with Crippen LogP contribution in [0.2, 0.25) is 5.02 Å².